The fourth-order valence-corrected chi connectivity index (χ4v) is 12.3. The smallest absolute Gasteiger partial charge is 0.335 e. The summed E-state index contributed by atoms with van der Waals surface area (Å²) in [6.07, 6.45) is 8.58. The molecule has 400 valence electrons. The zero-order chi connectivity index (χ0) is 50.2. The summed E-state index contributed by atoms with van der Waals surface area (Å²) in [5.74, 6) is -4.59. The predicted octanol–water partition coefficient (Wildman–Crippen LogP) is 5.61. The van der Waals surface area contributed by atoms with Crippen molar-refractivity contribution in [2.24, 2.45) is 17.8 Å². The lowest BCUT2D eigenvalue weighted by Crippen LogP contribution is -2.59. The van der Waals surface area contributed by atoms with E-state index >= 15 is 0 Å². The van der Waals surface area contributed by atoms with Crippen LogP contribution in [0.15, 0.2) is 24.3 Å². The summed E-state index contributed by atoms with van der Waals surface area (Å²) in [5.41, 5.74) is 0. The first-order valence-electron chi connectivity index (χ1n) is 26.6. The highest BCUT2D eigenvalue weighted by Gasteiger charge is 2.60. The van der Waals surface area contributed by atoms with Crippen molar-refractivity contribution in [1.82, 2.24) is 0 Å². The molecule has 20 atom stereocenters. The monoisotopic (exact) mass is 995 g/mol. The van der Waals surface area contributed by atoms with Gasteiger partial charge in [-0.15, -0.1) is 0 Å². The third-order valence-corrected chi connectivity index (χ3v) is 16.6. The number of carbonyl (C=O) groups is 2. The van der Waals surface area contributed by atoms with Crippen LogP contribution in [0.2, 0.25) is 0 Å². The van der Waals surface area contributed by atoms with Crippen LogP contribution in [0.3, 0.4) is 0 Å². The molecule has 70 heavy (non-hydrogen) atoms. The topological polar surface area (TPSA) is 228 Å². The lowest BCUT2D eigenvalue weighted by Gasteiger charge is -2.53. The van der Waals surface area contributed by atoms with Crippen LogP contribution in [0.4, 0.5) is 0 Å². The fourth-order valence-electron chi connectivity index (χ4n) is 12.3. The van der Waals surface area contributed by atoms with Gasteiger partial charge in [0.2, 0.25) is 0 Å². The van der Waals surface area contributed by atoms with Gasteiger partial charge in [0.25, 0.3) is 0 Å². The molecule has 7 saturated heterocycles. The molecule has 7 aliphatic rings. The van der Waals surface area contributed by atoms with Gasteiger partial charge in [0.15, 0.2) is 23.5 Å². The Labute approximate surface area is 415 Å². The second kappa shape index (κ2) is 25.0. The van der Waals surface area contributed by atoms with Gasteiger partial charge in [-0.25, -0.2) is 4.79 Å². The molecule has 0 aromatic carbocycles. The van der Waals surface area contributed by atoms with E-state index in [-0.39, 0.29) is 61.4 Å². The summed E-state index contributed by atoms with van der Waals surface area (Å²) in [6, 6.07) is 0. The zero-order valence-corrected chi connectivity index (χ0v) is 42.6. The Kier molecular flexibility index (Phi) is 19.8. The molecule has 0 aromatic heterocycles. The molecule has 0 saturated carbocycles. The third kappa shape index (κ3) is 14.0. The van der Waals surface area contributed by atoms with Crippen molar-refractivity contribution in [1.29, 1.82) is 0 Å². The molecule has 0 unspecified atom stereocenters. The number of aliphatic hydroxyl groups excluding tert-OH is 5. The van der Waals surface area contributed by atoms with Crippen molar-refractivity contribution >= 4 is 11.9 Å². The number of methoxy groups -OCH3 is 3. The molecule has 9 bridgehead atoms. The van der Waals surface area contributed by atoms with E-state index < -0.39 is 90.3 Å². The van der Waals surface area contributed by atoms with Crippen molar-refractivity contribution in [3.8, 4) is 0 Å². The van der Waals surface area contributed by atoms with Crippen molar-refractivity contribution < 1.29 is 82.5 Å². The number of ether oxygens (including phenoxy) is 10. The van der Waals surface area contributed by atoms with Crippen LogP contribution in [0.1, 0.15) is 156 Å². The van der Waals surface area contributed by atoms with Crippen LogP contribution in [-0.4, -0.2) is 162 Å². The average molecular weight is 995 g/mol. The Hall–Kier alpha value is -2.10. The predicted molar refractivity (Wildman–Crippen MR) is 254 cm³/mol. The normalized spacial score (nSPS) is 45.3. The molecule has 0 aromatic rings. The van der Waals surface area contributed by atoms with E-state index in [9.17, 15) is 35.1 Å². The Morgan fingerprint density at radius 1 is 0.714 bits per heavy atom. The molecule has 7 aliphatic heterocycles. The van der Waals surface area contributed by atoms with Gasteiger partial charge in [-0.3, -0.25) is 4.79 Å². The number of rotatable bonds is 9. The highest BCUT2D eigenvalue weighted by atomic mass is 16.8. The third-order valence-electron chi connectivity index (χ3n) is 16.6. The van der Waals surface area contributed by atoms with Gasteiger partial charge in [-0.1, -0.05) is 45.1 Å². The van der Waals surface area contributed by atoms with Crippen LogP contribution in [0.5, 0.6) is 0 Å². The second-order valence-corrected chi connectivity index (χ2v) is 21.9. The maximum absolute atomic E-state index is 13.9. The SMILES string of the molecule is COC(=O)[C@H](O)CC=CC/C=C/C[C@@H]1O[C@@]23C[C@@H]1OC(=O)C[C@H]1CCC[C@@H](C[C@@H](O)C[C@H](O)C[C@H]4O[C@@]5(CC[C@H](OC)[C@H](O5)[C@@H](O)[C@@H](O)[C@@H](C)CC[C@@H]5C[C@H](OC)C[C@](CC[C@@H]2C)(O5)O3)CC[C@@H]4C)O1. The van der Waals surface area contributed by atoms with E-state index in [0.29, 0.717) is 89.9 Å². The van der Waals surface area contributed by atoms with Crippen LogP contribution in [-0.2, 0) is 57.0 Å². The maximum atomic E-state index is 13.9. The second-order valence-electron chi connectivity index (χ2n) is 21.9. The largest absolute Gasteiger partial charge is 0.467 e. The van der Waals surface area contributed by atoms with Gasteiger partial charge >= 0.3 is 11.9 Å². The Morgan fingerprint density at radius 3 is 2.23 bits per heavy atom. The molecule has 0 radical (unpaired) electrons. The molecule has 0 amide bonds. The highest BCUT2D eigenvalue weighted by molar-refractivity contribution is 5.74. The van der Waals surface area contributed by atoms with Crippen LogP contribution < -0.4 is 0 Å². The minimum atomic E-state index is -1.27. The fraction of sp³-hybridized carbons (Fsp3) is 0.887. The molecule has 3 spiro atoms. The van der Waals surface area contributed by atoms with Gasteiger partial charge in [0, 0.05) is 65.1 Å². The van der Waals surface area contributed by atoms with Crippen LogP contribution in [0.25, 0.3) is 0 Å². The van der Waals surface area contributed by atoms with E-state index in [1.807, 2.05) is 25.2 Å². The molecule has 0 aliphatic carbocycles. The molecular formula is C53H86O17. The van der Waals surface area contributed by atoms with Gasteiger partial charge in [0.05, 0.1) is 68.5 Å². The van der Waals surface area contributed by atoms with E-state index in [4.69, 9.17) is 42.6 Å². The highest BCUT2D eigenvalue weighted by Crippen LogP contribution is 2.53. The minimum Gasteiger partial charge on any atom is -0.467 e. The first kappa shape index (κ1) is 55.6. The summed E-state index contributed by atoms with van der Waals surface area (Å²) >= 11 is 0. The van der Waals surface area contributed by atoms with Gasteiger partial charge in [-0.05, 0) is 95.3 Å². The van der Waals surface area contributed by atoms with Gasteiger partial charge < -0.3 is 72.9 Å². The molecule has 5 N–H and O–H groups in total. The Morgan fingerprint density at radius 2 is 1.46 bits per heavy atom. The van der Waals surface area contributed by atoms with Crippen molar-refractivity contribution in [3.63, 3.8) is 0 Å². The summed E-state index contributed by atoms with van der Waals surface area (Å²) in [5, 5.41) is 56.3. The summed E-state index contributed by atoms with van der Waals surface area (Å²) in [4.78, 5) is 25.5. The van der Waals surface area contributed by atoms with Gasteiger partial charge in [-0.2, -0.15) is 0 Å². The molecule has 7 fully saturated rings. The van der Waals surface area contributed by atoms with Gasteiger partial charge in [0.1, 0.15) is 24.4 Å². The number of esters is 2. The zero-order valence-electron chi connectivity index (χ0n) is 42.6. The van der Waals surface area contributed by atoms with E-state index in [0.717, 1.165) is 25.7 Å². The lowest BCUT2D eigenvalue weighted by atomic mass is 9.81. The Bertz CT molecular complexity index is 1730. The lowest BCUT2D eigenvalue weighted by molar-refractivity contribution is -0.414. The quantitative estimate of drug-likeness (QED) is 0.140. The number of allylic oxidation sites excluding steroid dienone is 2. The van der Waals surface area contributed by atoms with Crippen molar-refractivity contribution in [3.05, 3.63) is 24.3 Å². The summed E-state index contributed by atoms with van der Waals surface area (Å²) in [6.45, 7) is 6.11. The number of fused-ring (bicyclic) bond motifs is 6. The molecule has 17 nitrogen and oxygen atoms in total. The van der Waals surface area contributed by atoms with Crippen LogP contribution >= 0.6 is 0 Å². The van der Waals surface area contributed by atoms with Crippen LogP contribution in [0, 0.1) is 17.8 Å². The standard InChI is InChI=1S/C53H86O17/c1-32-19-22-51-24-21-43(62-5)49(69-51)48(59)47(58)33(2)17-18-39-28-40(61-4)30-52(66-39)23-20-34(3)53(70-52)31-45(42(68-53)16-11-9-7-8-10-15-41(56)50(60)63-6)65-46(57)29-38-14-12-13-37(64-38)26-35(54)25-36(55)27-44(32)67-51/h8-11,32-45,47-49,54-56,58-59H,7,12-31H2,1-6H3/b10-8?,11-9+/t32-,33-,34-,35-,36-,37-,38+,39+,40-,41+,42-,43-,44+,45-,47-,48-,49-,51-,52+,53+/m0/s1. The maximum Gasteiger partial charge on any atom is 0.335 e. The molecular weight excluding hydrogens is 909 g/mol. The molecule has 7 heterocycles. The minimum absolute atomic E-state index is 0.0427. The summed E-state index contributed by atoms with van der Waals surface area (Å²) in [7, 11) is 4.52. The Balaban J connectivity index is 1.11. The van der Waals surface area contributed by atoms with E-state index in [1.165, 1.54) is 7.11 Å². The average Bonchev–Trinajstić information content (AvgIpc) is 3.67. The van der Waals surface area contributed by atoms with Crippen molar-refractivity contribution in [2.75, 3.05) is 21.3 Å². The first-order valence-corrected chi connectivity index (χ1v) is 26.6. The van der Waals surface area contributed by atoms with E-state index in [2.05, 4.69) is 18.6 Å². The summed E-state index contributed by atoms with van der Waals surface area (Å²) < 4.78 is 63.9. The molecule has 17 heteroatoms. The van der Waals surface area contributed by atoms with E-state index in [1.54, 1.807) is 20.3 Å². The number of carbonyl (C=O) groups excluding carboxylic acids is 2. The molecule has 7 rings (SSSR count). The number of hydrogen-bond acceptors (Lipinski definition) is 17. The van der Waals surface area contributed by atoms with Crippen molar-refractivity contribution in [2.45, 2.75) is 258 Å². The number of hydrogen-bond donors (Lipinski definition) is 5. The number of aliphatic hydroxyl groups is 5. The first-order chi connectivity index (χ1) is 33.5.